The highest BCUT2D eigenvalue weighted by atomic mass is 16.2. The molecule has 1 saturated carbocycles. The van der Waals surface area contributed by atoms with Crippen molar-refractivity contribution in [1.29, 1.82) is 0 Å². The molecule has 0 radical (unpaired) electrons. The molecule has 1 aliphatic carbocycles. The fraction of sp³-hybridized carbons (Fsp3) is 0.588. The third-order valence-corrected chi connectivity index (χ3v) is 5.05. The van der Waals surface area contributed by atoms with Gasteiger partial charge in [-0.3, -0.25) is 14.5 Å². The summed E-state index contributed by atoms with van der Waals surface area (Å²) in [6.45, 7) is 7.25. The van der Waals surface area contributed by atoms with Crippen molar-refractivity contribution in [2.75, 3.05) is 6.54 Å². The normalized spacial score (nSPS) is 24.3. The van der Waals surface area contributed by atoms with Gasteiger partial charge in [-0.25, -0.2) is 4.79 Å². The van der Waals surface area contributed by atoms with E-state index in [1.165, 1.54) is 0 Å². The number of nitrogens with one attached hydrogen (secondary N) is 1. The van der Waals surface area contributed by atoms with E-state index in [0.717, 1.165) is 29.1 Å². The first-order chi connectivity index (χ1) is 10.8. The molecule has 1 aliphatic heterocycles. The molecule has 1 aromatic heterocycles. The minimum absolute atomic E-state index is 0.186. The molecule has 1 atom stereocenters. The van der Waals surface area contributed by atoms with Gasteiger partial charge < -0.3 is 9.88 Å². The van der Waals surface area contributed by atoms with Crippen LogP contribution < -0.4 is 5.32 Å². The van der Waals surface area contributed by atoms with Crippen molar-refractivity contribution >= 4 is 17.7 Å². The van der Waals surface area contributed by atoms with Crippen LogP contribution in [0.1, 0.15) is 60.9 Å². The van der Waals surface area contributed by atoms with Gasteiger partial charge >= 0.3 is 6.03 Å². The number of ketones is 1. The molecule has 0 bridgehead atoms. The molecule has 0 spiro atoms. The largest absolute Gasteiger partial charge is 0.345 e. The first-order valence-corrected chi connectivity index (χ1v) is 8.14. The summed E-state index contributed by atoms with van der Waals surface area (Å²) < 4.78 is 2.19. The van der Waals surface area contributed by atoms with Gasteiger partial charge in [0.25, 0.3) is 5.91 Å². The quantitative estimate of drug-likeness (QED) is 0.669. The maximum absolute atomic E-state index is 12.6. The second-order valence-corrected chi connectivity index (χ2v) is 6.82. The molecule has 6 heteroatoms. The lowest BCUT2D eigenvalue weighted by atomic mass is 9.99. The zero-order valence-electron chi connectivity index (χ0n) is 14.1. The predicted octanol–water partition coefficient (Wildman–Crippen LogP) is 2.34. The van der Waals surface area contributed by atoms with Crippen LogP contribution >= 0.6 is 0 Å². The van der Waals surface area contributed by atoms with Crippen LogP contribution in [0.25, 0.3) is 0 Å². The molecule has 1 aromatic rings. The van der Waals surface area contributed by atoms with Gasteiger partial charge in [0.1, 0.15) is 5.54 Å². The average molecular weight is 317 g/mol. The second kappa shape index (κ2) is 5.22. The van der Waals surface area contributed by atoms with Crippen molar-refractivity contribution in [1.82, 2.24) is 14.8 Å². The smallest absolute Gasteiger partial charge is 0.325 e. The molecule has 2 fully saturated rings. The lowest BCUT2D eigenvalue weighted by Crippen LogP contribution is -2.43. The summed E-state index contributed by atoms with van der Waals surface area (Å²) in [5.41, 5.74) is 1.70. The molecule has 1 N–H and O–H groups in total. The number of aryl methyl sites for hydroxylation is 1. The number of hydrogen-bond donors (Lipinski definition) is 1. The molecule has 23 heavy (non-hydrogen) atoms. The predicted molar refractivity (Wildman–Crippen MR) is 85.4 cm³/mol. The number of nitrogens with zero attached hydrogens (tertiary/aromatic N) is 2. The van der Waals surface area contributed by atoms with Crippen LogP contribution in [0.15, 0.2) is 6.07 Å². The average Bonchev–Trinajstić information content (AvgIpc) is 3.25. The Hall–Kier alpha value is -2.11. The maximum Gasteiger partial charge on any atom is 0.325 e. The van der Waals surface area contributed by atoms with Crippen molar-refractivity contribution in [2.45, 2.75) is 58.5 Å². The topological polar surface area (TPSA) is 71.4 Å². The highest BCUT2D eigenvalue weighted by molar-refractivity contribution is 6.11. The molecular weight excluding hydrogens is 294 g/mol. The number of carbonyl (C=O) groups is 3. The molecule has 2 heterocycles. The van der Waals surface area contributed by atoms with E-state index in [0.29, 0.717) is 18.0 Å². The van der Waals surface area contributed by atoms with Gasteiger partial charge in [-0.05, 0) is 46.1 Å². The summed E-state index contributed by atoms with van der Waals surface area (Å²) in [5.74, 6) is -0.511. The van der Waals surface area contributed by atoms with Crippen LogP contribution in [-0.4, -0.2) is 39.3 Å². The maximum atomic E-state index is 12.6. The fourth-order valence-corrected chi connectivity index (χ4v) is 3.31. The summed E-state index contributed by atoms with van der Waals surface area (Å²) in [6, 6.07) is 1.88. The number of imide groups is 1. The lowest BCUT2D eigenvalue weighted by Gasteiger charge is -2.19. The zero-order valence-corrected chi connectivity index (χ0v) is 14.1. The van der Waals surface area contributed by atoms with Gasteiger partial charge in [0.15, 0.2) is 5.78 Å². The third kappa shape index (κ3) is 2.46. The Morgan fingerprint density at radius 2 is 2.00 bits per heavy atom. The number of Topliss-reactive ketones (excluding diaryl/α,β-unsaturated/α-hetero) is 1. The standard InChI is InChI=1S/C17H23N3O3/c1-5-17(4)15(22)19(16(23)18-17)9-14(21)13-8-10(2)20(11(13)3)12-6-7-12/h8,12H,5-7,9H2,1-4H3,(H,18,23)/t17-/m0/s1. The fourth-order valence-electron chi connectivity index (χ4n) is 3.31. The Morgan fingerprint density at radius 3 is 2.52 bits per heavy atom. The van der Waals surface area contributed by atoms with E-state index < -0.39 is 11.6 Å². The number of aromatic nitrogens is 1. The molecule has 6 nitrogen and oxygen atoms in total. The summed E-state index contributed by atoms with van der Waals surface area (Å²) in [5, 5.41) is 2.68. The Kier molecular flexibility index (Phi) is 3.58. The van der Waals surface area contributed by atoms with Crippen LogP contribution in [0.2, 0.25) is 0 Å². The first kappa shape index (κ1) is 15.8. The summed E-state index contributed by atoms with van der Waals surface area (Å²) in [6.07, 6.45) is 2.79. The van der Waals surface area contributed by atoms with Gasteiger partial charge in [0.2, 0.25) is 0 Å². The SMILES string of the molecule is CC[C@]1(C)NC(=O)N(CC(=O)c2cc(C)n(C3CC3)c2C)C1=O. The molecule has 3 amide bonds. The highest BCUT2D eigenvalue weighted by Gasteiger charge is 2.47. The Labute approximate surface area is 135 Å². The molecule has 0 unspecified atom stereocenters. The van der Waals surface area contributed by atoms with Crippen LogP contribution in [0, 0.1) is 13.8 Å². The van der Waals surface area contributed by atoms with Crippen LogP contribution in [0.5, 0.6) is 0 Å². The molecule has 124 valence electrons. The van der Waals surface area contributed by atoms with Crippen molar-refractivity contribution in [3.05, 3.63) is 23.0 Å². The van der Waals surface area contributed by atoms with Gasteiger partial charge in [-0.1, -0.05) is 6.92 Å². The number of urea groups is 1. The Balaban J connectivity index is 1.81. The molecule has 2 aliphatic rings. The number of hydrogen-bond acceptors (Lipinski definition) is 3. The lowest BCUT2D eigenvalue weighted by molar-refractivity contribution is -0.130. The van der Waals surface area contributed by atoms with Crippen molar-refractivity contribution < 1.29 is 14.4 Å². The van der Waals surface area contributed by atoms with Crippen molar-refractivity contribution in [3.8, 4) is 0 Å². The molecule has 3 rings (SSSR count). The third-order valence-electron chi connectivity index (χ3n) is 5.05. The number of amides is 3. The zero-order chi connectivity index (χ0) is 16.9. The summed E-state index contributed by atoms with van der Waals surface area (Å²) in [4.78, 5) is 38.1. The van der Waals surface area contributed by atoms with Gasteiger partial charge in [0, 0.05) is 23.0 Å². The minimum atomic E-state index is -0.901. The van der Waals surface area contributed by atoms with Crippen molar-refractivity contribution in [3.63, 3.8) is 0 Å². The molecule has 1 saturated heterocycles. The van der Waals surface area contributed by atoms with Gasteiger partial charge in [-0.2, -0.15) is 0 Å². The first-order valence-electron chi connectivity index (χ1n) is 8.14. The van der Waals surface area contributed by atoms with E-state index in [1.807, 2.05) is 26.8 Å². The van der Waals surface area contributed by atoms with Crippen LogP contribution in [-0.2, 0) is 4.79 Å². The van der Waals surface area contributed by atoms with Gasteiger partial charge in [-0.15, -0.1) is 0 Å². The number of rotatable bonds is 5. The second-order valence-electron chi connectivity index (χ2n) is 6.82. The van der Waals surface area contributed by atoms with E-state index in [4.69, 9.17) is 0 Å². The number of carbonyl (C=O) groups excluding carboxylic acids is 3. The van der Waals surface area contributed by atoms with E-state index in [1.54, 1.807) is 6.92 Å². The van der Waals surface area contributed by atoms with E-state index in [2.05, 4.69) is 9.88 Å². The summed E-state index contributed by atoms with van der Waals surface area (Å²) in [7, 11) is 0. The van der Waals surface area contributed by atoms with Crippen LogP contribution in [0.4, 0.5) is 4.79 Å². The van der Waals surface area contributed by atoms with E-state index in [9.17, 15) is 14.4 Å². The Morgan fingerprint density at radius 1 is 1.35 bits per heavy atom. The van der Waals surface area contributed by atoms with E-state index in [-0.39, 0.29) is 18.2 Å². The Bertz CT molecular complexity index is 702. The monoisotopic (exact) mass is 317 g/mol. The molecule has 0 aromatic carbocycles. The minimum Gasteiger partial charge on any atom is -0.345 e. The van der Waals surface area contributed by atoms with E-state index >= 15 is 0 Å². The highest BCUT2D eigenvalue weighted by Crippen LogP contribution is 2.38. The van der Waals surface area contributed by atoms with Crippen LogP contribution in [0.3, 0.4) is 0 Å². The van der Waals surface area contributed by atoms with Gasteiger partial charge in [0.05, 0.1) is 6.54 Å². The van der Waals surface area contributed by atoms with Crippen molar-refractivity contribution in [2.24, 2.45) is 0 Å². The molecular formula is C17H23N3O3. The summed E-state index contributed by atoms with van der Waals surface area (Å²) >= 11 is 0.